The molecule has 0 amide bonds. The van der Waals surface area contributed by atoms with Crippen LogP contribution in [0.5, 0.6) is 0 Å². The number of rotatable bonds is 11. The first-order valence-electron chi connectivity index (χ1n) is 7.34. The van der Waals surface area contributed by atoms with Crippen LogP contribution in [0.3, 0.4) is 0 Å². The molecule has 0 radical (unpaired) electrons. The van der Waals surface area contributed by atoms with Gasteiger partial charge in [-0.25, -0.2) is 9.97 Å². The van der Waals surface area contributed by atoms with Crippen molar-refractivity contribution in [2.45, 2.75) is 33.1 Å². The lowest BCUT2D eigenvalue weighted by molar-refractivity contribution is 0.0922. The highest BCUT2D eigenvalue weighted by Gasteiger charge is 2.03. The molecule has 6 heteroatoms. The highest BCUT2D eigenvalue weighted by molar-refractivity contribution is 5.47. The van der Waals surface area contributed by atoms with Gasteiger partial charge in [0, 0.05) is 32.2 Å². The van der Waals surface area contributed by atoms with Gasteiger partial charge in [0.1, 0.15) is 17.5 Å². The molecule has 0 aliphatic heterocycles. The Hall–Kier alpha value is -1.40. The first-order chi connectivity index (χ1) is 9.80. The third-order valence-corrected chi connectivity index (χ3v) is 2.61. The molecule has 20 heavy (non-hydrogen) atoms. The van der Waals surface area contributed by atoms with Crippen molar-refractivity contribution in [3.8, 4) is 0 Å². The average molecular weight is 282 g/mol. The summed E-state index contributed by atoms with van der Waals surface area (Å²) in [6.07, 6.45) is 2.79. The number of aliphatic hydroxyl groups is 1. The second-order valence-corrected chi connectivity index (χ2v) is 4.45. The van der Waals surface area contributed by atoms with Gasteiger partial charge in [0.2, 0.25) is 0 Å². The predicted octanol–water partition coefficient (Wildman–Crippen LogP) is 1.67. The van der Waals surface area contributed by atoms with Crippen molar-refractivity contribution in [1.82, 2.24) is 9.97 Å². The van der Waals surface area contributed by atoms with Crippen LogP contribution in [0.2, 0.25) is 0 Å². The van der Waals surface area contributed by atoms with E-state index in [0.29, 0.717) is 13.2 Å². The number of nitrogens with zero attached hydrogens (tertiary/aromatic N) is 2. The Morgan fingerprint density at radius 3 is 2.55 bits per heavy atom. The van der Waals surface area contributed by atoms with Crippen LogP contribution in [0.1, 0.15) is 32.5 Å². The minimum absolute atomic E-state index is 0.0752. The van der Waals surface area contributed by atoms with Crippen LogP contribution in [-0.4, -0.2) is 48.0 Å². The summed E-state index contributed by atoms with van der Waals surface area (Å²) >= 11 is 0. The highest BCUT2D eigenvalue weighted by atomic mass is 16.5. The molecule has 0 spiro atoms. The fourth-order valence-electron chi connectivity index (χ4n) is 1.75. The quantitative estimate of drug-likeness (QED) is 0.536. The standard InChI is InChI=1S/C14H26N4O2/c1-3-6-12-17-13(15-4-2)11-14(18-12)16-7-5-9-20-10-8-19/h11,19H,3-10H2,1-2H3,(H2,15,16,17,18). The van der Waals surface area contributed by atoms with Crippen LogP contribution in [0.4, 0.5) is 11.6 Å². The maximum atomic E-state index is 8.60. The molecular formula is C14H26N4O2. The smallest absolute Gasteiger partial charge is 0.133 e. The van der Waals surface area contributed by atoms with Crippen molar-refractivity contribution in [2.24, 2.45) is 0 Å². The van der Waals surface area contributed by atoms with Crippen LogP contribution in [0.25, 0.3) is 0 Å². The van der Waals surface area contributed by atoms with E-state index in [1.807, 2.05) is 13.0 Å². The van der Waals surface area contributed by atoms with Gasteiger partial charge in [-0.1, -0.05) is 6.92 Å². The van der Waals surface area contributed by atoms with E-state index >= 15 is 0 Å². The van der Waals surface area contributed by atoms with E-state index in [-0.39, 0.29) is 6.61 Å². The number of ether oxygens (including phenoxy) is 1. The van der Waals surface area contributed by atoms with E-state index in [9.17, 15) is 0 Å². The second kappa shape index (κ2) is 10.4. The topological polar surface area (TPSA) is 79.3 Å². The van der Waals surface area contributed by atoms with Crippen molar-refractivity contribution in [1.29, 1.82) is 0 Å². The Morgan fingerprint density at radius 1 is 1.15 bits per heavy atom. The van der Waals surface area contributed by atoms with Crippen LogP contribution in [0, 0.1) is 0 Å². The molecule has 6 nitrogen and oxygen atoms in total. The summed E-state index contributed by atoms with van der Waals surface area (Å²) in [5, 5.41) is 15.1. The molecule has 0 aliphatic carbocycles. The number of aromatic nitrogens is 2. The summed E-state index contributed by atoms with van der Waals surface area (Å²) < 4.78 is 5.21. The molecule has 0 aromatic carbocycles. The molecule has 0 fully saturated rings. The van der Waals surface area contributed by atoms with Gasteiger partial charge < -0.3 is 20.5 Å². The maximum absolute atomic E-state index is 8.60. The maximum Gasteiger partial charge on any atom is 0.133 e. The minimum Gasteiger partial charge on any atom is -0.394 e. The first-order valence-corrected chi connectivity index (χ1v) is 7.34. The van der Waals surface area contributed by atoms with E-state index in [1.165, 1.54) is 0 Å². The van der Waals surface area contributed by atoms with Crippen molar-refractivity contribution < 1.29 is 9.84 Å². The van der Waals surface area contributed by atoms with Gasteiger partial charge in [0.25, 0.3) is 0 Å². The Morgan fingerprint density at radius 2 is 1.90 bits per heavy atom. The number of hydrogen-bond acceptors (Lipinski definition) is 6. The molecule has 1 aromatic heterocycles. The molecule has 0 bridgehead atoms. The van der Waals surface area contributed by atoms with Gasteiger partial charge in [-0.2, -0.15) is 0 Å². The summed E-state index contributed by atoms with van der Waals surface area (Å²) in [5.41, 5.74) is 0. The number of hydrogen-bond donors (Lipinski definition) is 3. The molecule has 0 aliphatic rings. The van der Waals surface area contributed by atoms with Crippen molar-refractivity contribution >= 4 is 11.6 Å². The lowest BCUT2D eigenvalue weighted by Crippen LogP contribution is -2.11. The summed E-state index contributed by atoms with van der Waals surface area (Å²) in [7, 11) is 0. The van der Waals surface area contributed by atoms with Gasteiger partial charge >= 0.3 is 0 Å². The average Bonchev–Trinajstić information content (AvgIpc) is 2.43. The third-order valence-electron chi connectivity index (χ3n) is 2.61. The molecular weight excluding hydrogens is 256 g/mol. The third kappa shape index (κ3) is 6.68. The number of anilines is 2. The first kappa shape index (κ1) is 16.7. The van der Waals surface area contributed by atoms with Crippen molar-refractivity contribution in [2.75, 3.05) is 43.5 Å². The van der Waals surface area contributed by atoms with E-state index in [4.69, 9.17) is 9.84 Å². The summed E-state index contributed by atoms with van der Waals surface area (Å²) in [6, 6.07) is 1.93. The minimum atomic E-state index is 0.0752. The van der Waals surface area contributed by atoms with Crippen molar-refractivity contribution in [3.63, 3.8) is 0 Å². The van der Waals surface area contributed by atoms with Crippen LogP contribution < -0.4 is 10.6 Å². The normalized spacial score (nSPS) is 10.6. The lowest BCUT2D eigenvalue weighted by Gasteiger charge is -2.10. The zero-order chi connectivity index (χ0) is 14.6. The molecule has 114 valence electrons. The van der Waals surface area contributed by atoms with Gasteiger partial charge in [-0.15, -0.1) is 0 Å². The fraction of sp³-hybridized carbons (Fsp3) is 0.714. The Labute approximate surface area is 121 Å². The highest BCUT2D eigenvalue weighted by Crippen LogP contribution is 2.12. The summed E-state index contributed by atoms with van der Waals surface area (Å²) in [5.74, 6) is 2.58. The lowest BCUT2D eigenvalue weighted by atomic mass is 10.3. The Kier molecular flexibility index (Phi) is 8.66. The predicted molar refractivity (Wildman–Crippen MR) is 81.2 cm³/mol. The molecule has 3 N–H and O–H groups in total. The Bertz CT molecular complexity index is 350. The zero-order valence-corrected chi connectivity index (χ0v) is 12.5. The number of aryl methyl sites for hydroxylation is 1. The SMILES string of the molecule is CCCc1nc(NCC)cc(NCCCOCCO)n1. The van der Waals surface area contributed by atoms with Crippen LogP contribution in [-0.2, 0) is 11.2 Å². The van der Waals surface area contributed by atoms with Crippen molar-refractivity contribution in [3.05, 3.63) is 11.9 Å². The van der Waals surface area contributed by atoms with E-state index in [0.717, 1.165) is 49.8 Å². The van der Waals surface area contributed by atoms with E-state index in [1.54, 1.807) is 0 Å². The number of aliphatic hydroxyl groups excluding tert-OH is 1. The monoisotopic (exact) mass is 282 g/mol. The molecule has 1 rings (SSSR count). The molecule has 0 saturated carbocycles. The molecule has 1 heterocycles. The fourth-order valence-corrected chi connectivity index (χ4v) is 1.75. The largest absolute Gasteiger partial charge is 0.394 e. The van der Waals surface area contributed by atoms with Gasteiger partial charge in [-0.05, 0) is 19.8 Å². The number of nitrogens with one attached hydrogen (secondary N) is 2. The Balaban J connectivity index is 2.46. The molecule has 0 saturated heterocycles. The van der Waals surface area contributed by atoms with Gasteiger partial charge in [-0.3, -0.25) is 0 Å². The summed E-state index contributed by atoms with van der Waals surface area (Å²) in [6.45, 7) is 6.92. The van der Waals surface area contributed by atoms with Gasteiger partial charge in [0.15, 0.2) is 0 Å². The molecule has 1 aromatic rings. The van der Waals surface area contributed by atoms with Crippen LogP contribution in [0.15, 0.2) is 6.07 Å². The van der Waals surface area contributed by atoms with Gasteiger partial charge in [0.05, 0.1) is 13.2 Å². The van der Waals surface area contributed by atoms with E-state index in [2.05, 4.69) is 27.5 Å². The van der Waals surface area contributed by atoms with Crippen LogP contribution >= 0.6 is 0 Å². The second-order valence-electron chi connectivity index (χ2n) is 4.45. The molecule has 0 atom stereocenters. The zero-order valence-electron chi connectivity index (χ0n) is 12.5. The summed E-state index contributed by atoms with van der Waals surface area (Å²) in [4.78, 5) is 8.96. The molecule has 0 unspecified atom stereocenters. The van der Waals surface area contributed by atoms with E-state index < -0.39 is 0 Å².